The summed E-state index contributed by atoms with van der Waals surface area (Å²) in [5, 5.41) is 19.5. The lowest BCUT2D eigenvalue weighted by Gasteiger charge is -2.18. The Morgan fingerprint density at radius 1 is 1.30 bits per heavy atom. The Labute approximate surface area is 114 Å². The second-order valence-corrected chi connectivity index (χ2v) is 3.96. The first kappa shape index (κ1) is 15.3. The highest BCUT2D eigenvalue weighted by Gasteiger charge is 2.23. The molecule has 3 N–H and O–H groups in total. The number of nitrogens with one attached hydrogen (secondary N) is 1. The predicted molar refractivity (Wildman–Crippen MR) is 67.1 cm³/mol. The summed E-state index contributed by atoms with van der Waals surface area (Å²) in [6.45, 7) is -0.187. The Bertz CT molecular complexity index is 493. The van der Waals surface area contributed by atoms with Gasteiger partial charge in [0.05, 0.1) is 13.0 Å². The Hall–Kier alpha value is -2.71. The molecule has 1 aromatic heterocycles. The molecule has 0 aliphatic heterocycles. The van der Waals surface area contributed by atoms with E-state index in [-0.39, 0.29) is 6.54 Å². The molecule has 1 amide bonds. The number of aromatic nitrogens is 2. The Morgan fingerprint density at radius 3 is 2.40 bits per heavy atom. The van der Waals surface area contributed by atoms with Crippen molar-refractivity contribution in [1.82, 2.24) is 15.3 Å². The van der Waals surface area contributed by atoms with E-state index in [9.17, 15) is 14.4 Å². The van der Waals surface area contributed by atoms with Crippen LogP contribution < -0.4 is 10.2 Å². The molecule has 0 radical (unpaired) electrons. The van der Waals surface area contributed by atoms with Crippen LogP contribution in [-0.4, -0.2) is 57.7 Å². The molecule has 0 unspecified atom stereocenters. The van der Waals surface area contributed by atoms with Crippen LogP contribution in [0.2, 0.25) is 0 Å². The molecule has 1 aromatic rings. The van der Waals surface area contributed by atoms with E-state index in [1.54, 1.807) is 13.1 Å². The van der Waals surface area contributed by atoms with Gasteiger partial charge < -0.3 is 20.4 Å². The third-order valence-electron chi connectivity index (χ3n) is 2.29. The summed E-state index contributed by atoms with van der Waals surface area (Å²) < 4.78 is 0. The van der Waals surface area contributed by atoms with Gasteiger partial charge in [0.1, 0.15) is 6.04 Å². The maximum atomic E-state index is 11.7. The molecule has 0 spiro atoms. The van der Waals surface area contributed by atoms with Crippen LogP contribution in [0.3, 0.4) is 0 Å². The molecule has 20 heavy (non-hydrogen) atoms. The largest absolute Gasteiger partial charge is 0.481 e. The van der Waals surface area contributed by atoms with Gasteiger partial charge >= 0.3 is 11.9 Å². The van der Waals surface area contributed by atoms with E-state index >= 15 is 0 Å². The van der Waals surface area contributed by atoms with E-state index in [0.29, 0.717) is 5.95 Å². The zero-order valence-electron chi connectivity index (χ0n) is 10.7. The topological polar surface area (TPSA) is 133 Å². The van der Waals surface area contributed by atoms with Crippen molar-refractivity contribution in [2.24, 2.45) is 0 Å². The molecule has 0 bridgehead atoms. The molecular formula is C11H14N4O5. The van der Waals surface area contributed by atoms with Crippen molar-refractivity contribution >= 4 is 23.8 Å². The maximum Gasteiger partial charge on any atom is 0.326 e. The van der Waals surface area contributed by atoms with Gasteiger partial charge in [-0.05, 0) is 6.07 Å². The van der Waals surface area contributed by atoms with Gasteiger partial charge in [-0.2, -0.15) is 0 Å². The monoisotopic (exact) mass is 282 g/mol. The molecular weight excluding hydrogens is 268 g/mol. The molecule has 1 rings (SSSR count). The average molecular weight is 282 g/mol. The number of amides is 1. The highest BCUT2D eigenvalue weighted by molar-refractivity contribution is 5.88. The van der Waals surface area contributed by atoms with Crippen LogP contribution in [0.4, 0.5) is 5.95 Å². The number of carboxylic acid groups (broad SMARTS) is 2. The number of nitrogens with zero attached hydrogens (tertiary/aromatic N) is 3. The lowest BCUT2D eigenvalue weighted by Crippen LogP contribution is -2.46. The molecule has 0 fully saturated rings. The van der Waals surface area contributed by atoms with Gasteiger partial charge in [0.15, 0.2) is 0 Å². The number of rotatable bonds is 7. The van der Waals surface area contributed by atoms with E-state index in [4.69, 9.17) is 10.2 Å². The number of anilines is 1. The number of carbonyl (C=O) groups excluding carboxylic acids is 1. The summed E-state index contributed by atoms with van der Waals surface area (Å²) in [6.07, 6.45) is 2.31. The van der Waals surface area contributed by atoms with Crippen LogP contribution >= 0.6 is 0 Å². The van der Waals surface area contributed by atoms with Gasteiger partial charge in [-0.1, -0.05) is 0 Å². The molecule has 9 heteroatoms. The van der Waals surface area contributed by atoms with E-state index in [1.165, 1.54) is 17.3 Å². The number of likely N-dealkylation sites (N-methyl/N-ethyl adjacent to an activating group) is 1. The van der Waals surface area contributed by atoms with Crippen molar-refractivity contribution in [3.8, 4) is 0 Å². The smallest absolute Gasteiger partial charge is 0.326 e. The Balaban J connectivity index is 2.57. The van der Waals surface area contributed by atoms with Gasteiger partial charge in [-0.15, -0.1) is 0 Å². The molecule has 0 aliphatic carbocycles. The van der Waals surface area contributed by atoms with E-state index in [2.05, 4.69) is 15.3 Å². The molecule has 0 aliphatic rings. The molecule has 1 heterocycles. The van der Waals surface area contributed by atoms with Crippen molar-refractivity contribution in [1.29, 1.82) is 0 Å². The lowest BCUT2D eigenvalue weighted by atomic mass is 10.2. The fourth-order valence-electron chi connectivity index (χ4n) is 1.39. The fraction of sp³-hybridized carbons (Fsp3) is 0.364. The van der Waals surface area contributed by atoms with Crippen molar-refractivity contribution in [2.75, 3.05) is 18.5 Å². The summed E-state index contributed by atoms with van der Waals surface area (Å²) in [4.78, 5) is 42.2. The number of hydrogen-bond donors (Lipinski definition) is 3. The van der Waals surface area contributed by atoms with Crippen LogP contribution in [0, 0.1) is 0 Å². The number of hydrogen-bond acceptors (Lipinski definition) is 6. The Morgan fingerprint density at radius 2 is 1.90 bits per heavy atom. The summed E-state index contributed by atoms with van der Waals surface area (Å²) >= 11 is 0. The minimum absolute atomic E-state index is 0.187. The Kier molecular flexibility index (Phi) is 5.39. The van der Waals surface area contributed by atoms with Crippen LogP contribution in [0.25, 0.3) is 0 Å². The van der Waals surface area contributed by atoms with Gasteiger partial charge in [0.25, 0.3) is 0 Å². The van der Waals surface area contributed by atoms with Crippen molar-refractivity contribution in [3.63, 3.8) is 0 Å². The van der Waals surface area contributed by atoms with Gasteiger partial charge in [-0.25, -0.2) is 14.8 Å². The van der Waals surface area contributed by atoms with Gasteiger partial charge in [0.2, 0.25) is 11.9 Å². The first-order valence-electron chi connectivity index (χ1n) is 5.62. The van der Waals surface area contributed by atoms with Crippen LogP contribution in [0.5, 0.6) is 0 Å². The van der Waals surface area contributed by atoms with E-state index in [1.807, 2.05) is 0 Å². The predicted octanol–water partition coefficient (Wildman–Crippen LogP) is -1.04. The summed E-state index contributed by atoms with van der Waals surface area (Å²) in [5.74, 6) is -3.04. The van der Waals surface area contributed by atoms with Gasteiger partial charge in [-0.3, -0.25) is 9.59 Å². The van der Waals surface area contributed by atoms with Crippen molar-refractivity contribution in [3.05, 3.63) is 18.5 Å². The lowest BCUT2D eigenvalue weighted by molar-refractivity contribution is -0.147. The van der Waals surface area contributed by atoms with Crippen molar-refractivity contribution in [2.45, 2.75) is 12.5 Å². The zero-order valence-corrected chi connectivity index (χ0v) is 10.7. The number of aliphatic carboxylic acids is 2. The van der Waals surface area contributed by atoms with Gasteiger partial charge in [0, 0.05) is 19.4 Å². The summed E-state index contributed by atoms with van der Waals surface area (Å²) in [5.41, 5.74) is 0. The average Bonchev–Trinajstić information content (AvgIpc) is 2.38. The molecule has 0 aromatic carbocycles. The first-order chi connectivity index (χ1) is 9.40. The third kappa shape index (κ3) is 4.88. The second kappa shape index (κ2) is 7.02. The number of carboxylic acids is 2. The fourth-order valence-corrected chi connectivity index (χ4v) is 1.39. The highest BCUT2D eigenvalue weighted by Crippen LogP contribution is 2.01. The first-order valence-corrected chi connectivity index (χ1v) is 5.62. The maximum absolute atomic E-state index is 11.7. The molecule has 0 saturated heterocycles. The SMILES string of the molecule is CN(CC(=O)N[C@H](CC(=O)O)C(=O)O)c1ncccn1. The molecule has 108 valence electrons. The van der Waals surface area contributed by atoms with Crippen molar-refractivity contribution < 1.29 is 24.6 Å². The van der Waals surface area contributed by atoms with E-state index < -0.39 is 30.3 Å². The minimum Gasteiger partial charge on any atom is -0.481 e. The van der Waals surface area contributed by atoms with E-state index in [0.717, 1.165) is 0 Å². The molecule has 0 saturated carbocycles. The molecule has 9 nitrogen and oxygen atoms in total. The zero-order chi connectivity index (χ0) is 15.1. The second-order valence-electron chi connectivity index (χ2n) is 3.96. The van der Waals surface area contributed by atoms with Crippen LogP contribution in [0.1, 0.15) is 6.42 Å². The minimum atomic E-state index is -1.47. The highest BCUT2D eigenvalue weighted by atomic mass is 16.4. The summed E-state index contributed by atoms with van der Waals surface area (Å²) in [6, 6.07) is 0.148. The molecule has 1 atom stereocenters. The normalized spacial score (nSPS) is 11.4. The third-order valence-corrected chi connectivity index (χ3v) is 2.29. The quantitative estimate of drug-likeness (QED) is 0.577. The number of carbonyl (C=O) groups is 3. The standard InChI is InChI=1S/C11H14N4O5/c1-15(11-12-3-2-4-13-11)6-8(16)14-7(10(19)20)5-9(17)18/h2-4,7H,5-6H2,1H3,(H,14,16)(H,17,18)(H,19,20)/t7-/m1/s1. The van der Waals surface area contributed by atoms with Crippen LogP contribution in [-0.2, 0) is 14.4 Å². The summed E-state index contributed by atoms with van der Waals surface area (Å²) in [7, 11) is 1.56. The van der Waals surface area contributed by atoms with Crippen LogP contribution in [0.15, 0.2) is 18.5 Å².